The van der Waals surface area contributed by atoms with Gasteiger partial charge in [0.05, 0.1) is 24.4 Å². The lowest BCUT2D eigenvalue weighted by molar-refractivity contribution is 0.0779. The number of carbonyl (C=O) groups is 1. The van der Waals surface area contributed by atoms with E-state index in [-0.39, 0.29) is 11.5 Å². The van der Waals surface area contributed by atoms with E-state index < -0.39 is 0 Å². The van der Waals surface area contributed by atoms with Crippen LogP contribution in [0.15, 0.2) is 76.3 Å². The molecule has 1 amide bonds. The molecule has 0 fully saturated rings. The maximum absolute atomic E-state index is 13.6. The number of carbonyl (C=O) groups excluding carboxylic acids is 1. The molecule has 0 radical (unpaired) electrons. The van der Waals surface area contributed by atoms with Crippen molar-refractivity contribution in [3.05, 3.63) is 100 Å². The Bertz CT molecular complexity index is 1690. The highest BCUT2D eigenvalue weighted by atomic mass is 16.5. The Balaban J connectivity index is 1.36. The van der Waals surface area contributed by atoms with Gasteiger partial charge in [-0.2, -0.15) is 0 Å². The third kappa shape index (κ3) is 3.94. The predicted octanol–water partition coefficient (Wildman–Crippen LogP) is 3.95. The number of benzene rings is 2. The average molecular weight is 494 g/mol. The highest BCUT2D eigenvalue weighted by Crippen LogP contribution is 2.32. The van der Waals surface area contributed by atoms with E-state index in [1.54, 1.807) is 47.0 Å². The van der Waals surface area contributed by atoms with Crippen LogP contribution < -0.4 is 10.3 Å². The smallest absolute Gasteiger partial charge is 0.267 e. The van der Waals surface area contributed by atoms with E-state index >= 15 is 0 Å². The molecule has 0 bridgehead atoms. The summed E-state index contributed by atoms with van der Waals surface area (Å²) in [7, 11) is 1.59. The van der Waals surface area contributed by atoms with Gasteiger partial charge in [0, 0.05) is 36.3 Å². The third-order valence-corrected chi connectivity index (χ3v) is 6.58. The van der Waals surface area contributed by atoms with Crippen LogP contribution in [0.1, 0.15) is 27.4 Å². The van der Waals surface area contributed by atoms with Crippen molar-refractivity contribution in [2.45, 2.75) is 19.9 Å². The zero-order valence-corrected chi connectivity index (χ0v) is 20.3. The maximum atomic E-state index is 13.6. The van der Waals surface area contributed by atoms with Gasteiger partial charge in [-0.1, -0.05) is 6.07 Å². The second-order valence-corrected chi connectivity index (χ2v) is 8.84. The van der Waals surface area contributed by atoms with Gasteiger partial charge in [-0.3, -0.25) is 14.2 Å². The largest absolute Gasteiger partial charge is 0.497 e. The first-order valence-corrected chi connectivity index (χ1v) is 11.9. The first-order chi connectivity index (χ1) is 18.0. The predicted molar refractivity (Wildman–Crippen MR) is 137 cm³/mol. The Hall–Kier alpha value is -4.79. The molecule has 9 nitrogen and oxygen atoms in total. The van der Waals surface area contributed by atoms with Crippen LogP contribution in [0, 0.1) is 6.92 Å². The number of methoxy groups -OCH3 is 1. The lowest BCUT2D eigenvalue weighted by Gasteiger charge is -2.18. The number of aromatic nitrogens is 4. The molecular weight excluding hydrogens is 470 g/mol. The van der Waals surface area contributed by atoms with Crippen LogP contribution in [0.2, 0.25) is 0 Å². The Kier molecular flexibility index (Phi) is 5.52. The van der Waals surface area contributed by atoms with Gasteiger partial charge in [0.1, 0.15) is 17.8 Å². The number of hydrogen-bond donors (Lipinski definition) is 0. The van der Waals surface area contributed by atoms with Gasteiger partial charge in [-0.05, 0) is 61.0 Å². The number of ether oxygens (including phenoxy) is 1. The fourth-order valence-corrected chi connectivity index (χ4v) is 4.73. The number of hydrogen-bond acceptors (Lipinski definition) is 7. The van der Waals surface area contributed by atoms with Crippen molar-refractivity contribution >= 4 is 16.9 Å². The molecule has 1 aliphatic rings. The summed E-state index contributed by atoms with van der Waals surface area (Å²) < 4.78 is 12.3. The number of aryl methyl sites for hydroxylation is 1. The Morgan fingerprint density at radius 3 is 2.57 bits per heavy atom. The molecule has 0 atom stereocenters. The van der Waals surface area contributed by atoms with Crippen molar-refractivity contribution in [3.63, 3.8) is 0 Å². The van der Waals surface area contributed by atoms with Crippen molar-refractivity contribution < 1.29 is 13.9 Å². The fraction of sp³-hybridized carbons (Fsp3) is 0.179. The Morgan fingerprint density at radius 2 is 1.81 bits per heavy atom. The summed E-state index contributed by atoms with van der Waals surface area (Å²) >= 11 is 0. The number of nitrogens with zero attached hydrogens (tertiary/aromatic N) is 5. The zero-order valence-electron chi connectivity index (χ0n) is 20.3. The lowest BCUT2D eigenvalue weighted by atomic mass is 10.0. The van der Waals surface area contributed by atoms with E-state index in [0.29, 0.717) is 59.3 Å². The fourth-order valence-electron chi connectivity index (χ4n) is 4.73. The molecule has 37 heavy (non-hydrogen) atoms. The van der Waals surface area contributed by atoms with Crippen molar-refractivity contribution in [2.75, 3.05) is 13.7 Å². The zero-order chi connectivity index (χ0) is 25.5. The van der Waals surface area contributed by atoms with Gasteiger partial charge in [-0.15, -0.1) is 0 Å². The Morgan fingerprint density at radius 1 is 1.00 bits per heavy atom. The minimum atomic E-state index is -0.208. The lowest BCUT2D eigenvalue weighted by Crippen LogP contribution is -2.30. The molecule has 0 aliphatic carbocycles. The second kappa shape index (κ2) is 9.02. The normalized spacial score (nSPS) is 12.8. The van der Waals surface area contributed by atoms with E-state index in [1.165, 1.54) is 6.26 Å². The average Bonchev–Trinajstić information content (AvgIpc) is 3.56. The topological polar surface area (TPSA) is 103 Å². The van der Waals surface area contributed by atoms with Gasteiger partial charge in [-0.25, -0.2) is 15.0 Å². The maximum Gasteiger partial charge on any atom is 0.267 e. The second-order valence-electron chi connectivity index (χ2n) is 8.84. The van der Waals surface area contributed by atoms with E-state index in [4.69, 9.17) is 14.1 Å². The van der Waals surface area contributed by atoms with Crippen molar-refractivity contribution in [3.8, 4) is 22.9 Å². The molecule has 5 aromatic rings. The van der Waals surface area contributed by atoms with Gasteiger partial charge in [0.2, 0.25) is 5.89 Å². The number of rotatable bonds is 6. The van der Waals surface area contributed by atoms with Crippen LogP contribution in [0.3, 0.4) is 0 Å². The van der Waals surface area contributed by atoms with Crippen LogP contribution in [0.25, 0.3) is 28.2 Å². The summed E-state index contributed by atoms with van der Waals surface area (Å²) in [5.74, 6) is 1.62. The molecule has 2 aromatic carbocycles. The van der Waals surface area contributed by atoms with Gasteiger partial charge in [0.15, 0.2) is 5.65 Å². The highest BCUT2D eigenvalue weighted by molar-refractivity contribution is 6.00. The molecule has 4 heterocycles. The van der Waals surface area contributed by atoms with Crippen molar-refractivity contribution in [2.24, 2.45) is 0 Å². The number of oxazole rings is 1. The quantitative estimate of drug-likeness (QED) is 0.353. The van der Waals surface area contributed by atoms with E-state index in [1.807, 2.05) is 37.3 Å². The minimum Gasteiger partial charge on any atom is -0.497 e. The van der Waals surface area contributed by atoms with Gasteiger partial charge < -0.3 is 14.1 Å². The van der Waals surface area contributed by atoms with Gasteiger partial charge in [0.25, 0.3) is 11.5 Å². The molecule has 1 aliphatic heterocycles. The van der Waals surface area contributed by atoms with Crippen LogP contribution in [-0.2, 0) is 13.0 Å². The summed E-state index contributed by atoms with van der Waals surface area (Å²) in [5, 5.41) is 0.436. The summed E-state index contributed by atoms with van der Waals surface area (Å²) in [5.41, 5.74) is 3.94. The molecule has 0 N–H and O–H groups in total. The van der Waals surface area contributed by atoms with E-state index in [2.05, 4.69) is 9.97 Å². The molecule has 0 saturated carbocycles. The van der Waals surface area contributed by atoms with E-state index in [9.17, 15) is 9.59 Å². The number of pyridine rings is 1. The standard InChI is InChI=1S/C28H23N5O4/c1-17-6-11-22-25(30-17)31-24(33(28(22)35)18-7-9-19(36-2)10-8-18)12-14-32-16-23-20(26-29-13-15-37-26)4-3-5-21(23)27(32)34/h3-11,13,15H,12,14,16H2,1-2H3. The summed E-state index contributed by atoms with van der Waals surface area (Å²) in [6.45, 7) is 2.66. The van der Waals surface area contributed by atoms with E-state index in [0.717, 1.165) is 16.8 Å². The first-order valence-electron chi connectivity index (χ1n) is 11.9. The molecule has 9 heteroatoms. The summed E-state index contributed by atoms with van der Waals surface area (Å²) in [4.78, 5) is 42.1. The SMILES string of the molecule is COc1ccc(-n2c(CCN3Cc4c(cccc4-c4ncco4)C3=O)nc3nc(C)ccc3c2=O)cc1. The van der Waals surface area contributed by atoms with Crippen LogP contribution in [0.4, 0.5) is 0 Å². The number of fused-ring (bicyclic) bond motifs is 2. The molecule has 0 unspecified atom stereocenters. The van der Waals surface area contributed by atoms with Crippen molar-refractivity contribution in [1.29, 1.82) is 0 Å². The van der Waals surface area contributed by atoms with Crippen LogP contribution in [0.5, 0.6) is 5.75 Å². The third-order valence-electron chi connectivity index (χ3n) is 6.58. The van der Waals surface area contributed by atoms with Crippen LogP contribution >= 0.6 is 0 Å². The summed E-state index contributed by atoms with van der Waals surface area (Å²) in [6, 6.07) is 16.3. The number of amides is 1. The van der Waals surface area contributed by atoms with Crippen LogP contribution in [-0.4, -0.2) is 44.0 Å². The first kappa shape index (κ1) is 22.7. The molecular formula is C28H23N5O4. The molecule has 3 aromatic heterocycles. The minimum absolute atomic E-state index is 0.0727. The molecule has 6 rings (SSSR count). The monoisotopic (exact) mass is 493 g/mol. The molecule has 184 valence electrons. The highest BCUT2D eigenvalue weighted by Gasteiger charge is 2.30. The Labute approximate surface area is 212 Å². The molecule has 0 spiro atoms. The van der Waals surface area contributed by atoms with Crippen molar-refractivity contribution in [1.82, 2.24) is 24.4 Å². The molecule has 0 saturated heterocycles. The summed E-state index contributed by atoms with van der Waals surface area (Å²) in [6.07, 6.45) is 3.46. The van der Waals surface area contributed by atoms with Gasteiger partial charge >= 0.3 is 0 Å².